The summed E-state index contributed by atoms with van der Waals surface area (Å²) < 4.78 is 6.49. The highest BCUT2D eigenvalue weighted by Gasteiger charge is 2.18. The number of carbonyl (C=O) groups excluding carboxylic acids is 2. The number of rotatable bonds is 3. The summed E-state index contributed by atoms with van der Waals surface area (Å²) in [6.45, 7) is 1.35. The van der Waals surface area contributed by atoms with Crippen LogP contribution in [0.2, 0.25) is 0 Å². The van der Waals surface area contributed by atoms with Crippen molar-refractivity contribution in [3.05, 3.63) is 18.0 Å². The van der Waals surface area contributed by atoms with Crippen molar-refractivity contribution >= 4 is 11.9 Å². The first-order valence-corrected chi connectivity index (χ1v) is 6.10. The maximum Gasteiger partial charge on any atom is 0.341 e. The van der Waals surface area contributed by atoms with E-state index in [0.717, 1.165) is 25.9 Å². The lowest BCUT2D eigenvalue weighted by Gasteiger charge is -2.26. The Hall–Kier alpha value is -1.85. The monoisotopic (exact) mass is 251 g/mol. The maximum atomic E-state index is 11.8. The van der Waals surface area contributed by atoms with Crippen LogP contribution in [0.5, 0.6) is 0 Å². The maximum absolute atomic E-state index is 11.8. The van der Waals surface area contributed by atoms with Crippen LogP contribution in [0.25, 0.3) is 0 Å². The largest absolute Gasteiger partial charge is 0.452 e. The van der Waals surface area contributed by atoms with Gasteiger partial charge in [-0.25, -0.2) is 4.79 Å². The van der Waals surface area contributed by atoms with Crippen LogP contribution in [0.4, 0.5) is 0 Å². The van der Waals surface area contributed by atoms with Crippen LogP contribution in [-0.2, 0) is 16.6 Å². The summed E-state index contributed by atoms with van der Waals surface area (Å²) in [5.74, 6) is -0.625. The summed E-state index contributed by atoms with van der Waals surface area (Å²) in [6, 6.07) is 0. The van der Waals surface area contributed by atoms with E-state index in [1.807, 2.05) is 0 Å². The summed E-state index contributed by atoms with van der Waals surface area (Å²) in [5.41, 5.74) is 0.365. The van der Waals surface area contributed by atoms with Crippen molar-refractivity contribution in [2.75, 3.05) is 19.7 Å². The summed E-state index contributed by atoms with van der Waals surface area (Å²) in [7, 11) is 1.72. The molecule has 0 atom stereocenters. The Bertz CT molecular complexity index is 436. The minimum atomic E-state index is -0.506. The molecule has 2 rings (SSSR count). The highest BCUT2D eigenvalue weighted by Crippen LogP contribution is 2.09. The molecule has 1 aromatic heterocycles. The molecule has 0 aromatic carbocycles. The second-order valence-corrected chi connectivity index (χ2v) is 4.42. The van der Waals surface area contributed by atoms with Gasteiger partial charge in [0.15, 0.2) is 6.61 Å². The van der Waals surface area contributed by atoms with Gasteiger partial charge in [-0.1, -0.05) is 0 Å². The first-order valence-electron chi connectivity index (χ1n) is 6.10. The van der Waals surface area contributed by atoms with E-state index in [0.29, 0.717) is 5.56 Å². The van der Waals surface area contributed by atoms with Crippen LogP contribution in [0.15, 0.2) is 12.4 Å². The molecule has 98 valence electrons. The molecule has 1 fully saturated rings. The second-order valence-electron chi connectivity index (χ2n) is 4.42. The van der Waals surface area contributed by atoms with Crippen molar-refractivity contribution in [3.8, 4) is 0 Å². The Morgan fingerprint density at radius 2 is 2.06 bits per heavy atom. The Morgan fingerprint density at radius 3 is 2.67 bits per heavy atom. The lowest BCUT2D eigenvalue weighted by atomic mass is 10.1. The fraction of sp³-hybridized carbons (Fsp3) is 0.583. The number of hydrogen-bond donors (Lipinski definition) is 0. The zero-order chi connectivity index (χ0) is 13.0. The van der Waals surface area contributed by atoms with E-state index < -0.39 is 5.97 Å². The number of likely N-dealkylation sites (tertiary alicyclic amines) is 1. The van der Waals surface area contributed by atoms with Crippen molar-refractivity contribution in [2.45, 2.75) is 19.3 Å². The highest BCUT2D eigenvalue weighted by atomic mass is 16.5. The van der Waals surface area contributed by atoms with Crippen molar-refractivity contribution in [2.24, 2.45) is 7.05 Å². The van der Waals surface area contributed by atoms with E-state index in [2.05, 4.69) is 5.10 Å². The number of carbonyl (C=O) groups is 2. The number of nitrogens with zero attached hydrogens (tertiary/aromatic N) is 3. The molecular formula is C12H17N3O3. The Labute approximate surface area is 106 Å². The van der Waals surface area contributed by atoms with Gasteiger partial charge in [0.2, 0.25) is 0 Å². The summed E-state index contributed by atoms with van der Waals surface area (Å²) in [4.78, 5) is 25.1. The van der Waals surface area contributed by atoms with Crippen molar-refractivity contribution in [1.29, 1.82) is 0 Å². The molecule has 18 heavy (non-hydrogen) atoms. The number of aromatic nitrogens is 2. The van der Waals surface area contributed by atoms with Gasteiger partial charge in [0.25, 0.3) is 5.91 Å². The van der Waals surface area contributed by atoms with Gasteiger partial charge in [-0.3, -0.25) is 9.48 Å². The van der Waals surface area contributed by atoms with Crippen LogP contribution in [-0.4, -0.2) is 46.3 Å². The molecule has 0 unspecified atom stereocenters. The first kappa shape index (κ1) is 12.6. The summed E-state index contributed by atoms with van der Waals surface area (Å²) in [6.07, 6.45) is 6.21. The minimum absolute atomic E-state index is 0.119. The second kappa shape index (κ2) is 5.66. The summed E-state index contributed by atoms with van der Waals surface area (Å²) >= 11 is 0. The fourth-order valence-corrected chi connectivity index (χ4v) is 1.97. The van der Waals surface area contributed by atoms with Gasteiger partial charge in [0.05, 0.1) is 11.8 Å². The standard InChI is InChI=1S/C12H17N3O3/c1-14-8-10(7-13-14)12(17)18-9-11(16)15-5-3-2-4-6-15/h7-8H,2-6,9H2,1H3. The SMILES string of the molecule is Cn1cc(C(=O)OCC(=O)N2CCCCC2)cn1. The van der Waals surface area contributed by atoms with Crippen LogP contribution in [0.3, 0.4) is 0 Å². The Kier molecular flexibility index (Phi) is 3.96. The van der Waals surface area contributed by atoms with Crippen LogP contribution < -0.4 is 0 Å². The molecule has 1 aliphatic heterocycles. The van der Waals surface area contributed by atoms with Crippen molar-refractivity contribution < 1.29 is 14.3 Å². The van der Waals surface area contributed by atoms with Gasteiger partial charge in [-0.15, -0.1) is 0 Å². The van der Waals surface area contributed by atoms with Gasteiger partial charge in [0, 0.05) is 26.3 Å². The quantitative estimate of drug-likeness (QED) is 0.737. The number of ether oxygens (including phenoxy) is 1. The fourth-order valence-electron chi connectivity index (χ4n) is 1.97. The zero-order valence-electron chi connectivity index (χ0n) is 10.5. The highest BCUT2D eigenvalue weighted by molar-refractivity contribution is 5.90. The molecule has 0 spiro atoms. The third-order valence-electron chi connectivity index (χ3n) is 2.98. The predicted octanol–water partition coefficient (Wildman–Crippen LogP) is 0.589. The molecule has 1 saturated heterocycles. The number of esters is 1. The zero-order valence-corrected chi connectivity index (χ0v) is 10.5. The van der Waals surface area contributed by atoms with Gasteiger partial charge < -0.3 is 9.64 Å². The molecular weight excluding hydrogens is 234 g/mol. The number of piperidine rings is 1. The molecule has 1 amide bonds. The van der Waals surface area contributed by atoms with Gasteiger partial charge in [-0.2, -0.15) is 5.10 Å². The van der Waals surface area contributed by atoms with E-state index in [1.54, 1.807) is 18.1 Å². The Balaban J connectivity index is 1.80. The Morgan fingerprint density at radius 1 is 1.33 bits per heavy atom. The van der Waals surface area contributed by atoms with E-state index in [4.69, 9.17) is 4.74 Å². The molecule has 0 radical (unpaired) electrons. The van der Waals surface area contributed by atoms with Gasteiger partial charge >= 0.3 is 5.97 Å². The number of aryl methyl sites for hydroxylation is 1. The summed E-state index contributed by atoms with van der Waals surface area (Å²) in [5, 5.41) is 3.88. The topological polar surface area (TPSA) is 64.4 Å². The third-order valence-corrected chi connectivity index (χ3v) is 2.98. The average molecular weight is 251 g/mol. The lowest BCUT2D eigenvalue weighted by molar-refractivity contribution is -0.135. The van der Waals surface area contributed by atoms with Gasteiger partial charge in [-0.05, 0) is 19.3 Å². The molecule has 6 nitrogen and oxygen atoms in total. The third kappa shape index (κ3) is 3.09. The smallest absolute Gasteiger partial charge is 0.341 e. The van der Waals surface area contributed by atoms with E-state index in [-0.39, 0.29) is 12.5 Å². The van der Waals surface area contributed by atoms with Crippen LogP contribution >= 0.6 is 0 Å². The van der Waals surface area contributed by atoms with Crippen LogP contribution in [0.1, 0.15) is 29.6 Å². The molecule has 6 heteroatoms. The molecule has 2 heterocycles. The van der Waals surface area contributed by atoms with E-state index in [1.165, 1.54) is 17.3 Å². The molecule has 0 aliphatic carbocycles. The first-order chi connectivity index (χ1) is 8.66. The van der Waals surface area contributed by atoms with E-state index >= 15 is 0 Å². The predicted molar refractivity (Wildman–Crippen MR) is 63.9 cm³/mol. The molecule has 0 N–H and O–H groups in total. The van der Waals surface area contributed by atoms with Crippen molar-refractivity contribution in [3.63, 3.8) is 0 Å². The van der Waals surface area contributed by atoms with Crippen LogP contribution in [0, 0.1) is 0 Å². The van der Waals surface area contributed by atoms with Crippen molar-refractivity contribution in [1.82, 2.24) is 14.7 Å². The lowest BCUT2D eigenvalue weighted by Crippen LogP contribution is -2.38. The molecule has 0 saturated carbocycles. The van der Waals surface area contributed by atoms with Gasteiger partial charge in [0.1, 0.15) is 0 Å². The molecule has 0 bridgehead atoms. The van der Waals surface area contributed by atoms with E-state index in [9.17, 15) is 9.59 Å². The number of amides is 1. The minimum Gasteiger partial charge on any atom is -0.452 e. The average Bonchev–Trinajstić information content (AvgIpc) is 2.83. The molecule has 1 aromatic rings. The normalized spacial score (nSPS) is 15.5. The number of hydrogen-bond acceptors (Lipinski definition) is 4. The molecule has 1 aliphatic rings.